The number of fused-ring (bicyclic) bond motifs is 1. The van der Waals surface area contributed by atoms with Crippen molar-refractivity contribution in [2.45, 2.75) is 5.92 Å². The first-order valence-corrected chi connectivity index (χ1v) is 8.07. The van der Waals surface area contributed by atoms with Gasteiger partial charge in [0.1, 0.15) is 5.92 Å². The van der Waals surface area contributed by atoms with Crippen LogP contribution in [0.3, 0.4) is 0 Å². The molecule has 0 spiro atoms. The second kappa shape index (κ2) is 5.73. The highest BCUT2D eigenvalue weighted by molar-refractivity contribution is 6.32. The van der Waals surface area contributed by atoms with Crippen molar-refractivity contribution in [3.05, 3.63) is 94.5 Å². The molecular formula is C21H13ClO2. The third-order valence-electron chi connectivity index (χ3n) is 4.39. The maximum absolute atomic E-state index is 13.0. The molecule has 1 atom stereocenters. The molecule has 3 heteroatoms. The summed E-state index contributed by atoms with van der Waals surface area (Å²) in [6.45, 7) is 0. The van der Waals surface area contributed by atoms with Crippen LogP contribution in [0.15, 0.2) is 72.8 Å². The predicted molar refractivity (Wildman–Crippen MR) is 94.7 cm³/mol. The molecule has 3 aromatic rings. The second-order valence-corrected chi connectivity index (χ2v) is 6.24. The highest BCUT2D eigenvalue weighted by Gasteiger charge is 2.41. The van der Waals surface area contributed by atoms with Gasteiger partial charge < -0.3 is 0 Å². The van der Waals surface area contributed by atoms with Crippen molar-refractivity contribution in [2.75, 3.05) is 0 Å². The molecule has 1 unspecified atom stereocenters. The Hall–Kier alpha value is -2.71. The van der Waals surface area contributed by atoms with E-state index in [1.54, 1.807) is 30.3 Å². The topological polar surface area (TPSA) is 34.1 Å². The van der Waals surface area contributed by atoms with Crippen LogP contribution in [0.5, 0.6) is 0 Å². The third kappa shape index (κ3) is 2.27. The molecular weight excluding hydrogens is 320 g/mol. The van der Waals surface area contributed by atoms with E-state index in [1.165, 1.54) is 0 Å². The largest absolute Gasteiger partial charge is 0.293 e. The van der Waals surface area contributed by atoms with Crippen LogP contribution in [0.4, 0.5) is 0 Å². The van der Waals surface area contributed by atoms with E-state index in [2.05, 4.69) is 0 Å². The zero-order valence-electron chi connectivity index (χ0n) is 12.7. The SMILES string of the molecule is O=C1c2cccc(-c3ccccc3)c2C(=O)C1c1ccc(Cl)cc1. The normalized spacial score (nSPS) is 16.3. The highest BCUT2D eigenvalue weighted by Crippen LogP contribution is 2.39. The van der Waals surface area contributed by atoms with Gasteiger partial charge in [-0.25, -0.2) is 0 Å². The molecule has 0 saturated heterocycles. The van der Waals surface area contributed by atoms with Gasteiger partial charge in [-0.05, 0) is 28.8 Å². The molecule has 0 aliphatic heterocycles. The quantitative estimate of drug-likeness (QED) is 0.607. The van der Waals surface area contributed by atoms with Crippen LogP contribution >= 0.6 is 11.6 Å². The summed E-state index contributed by atoms with van der Waals surface area (Å²) >= 11 is 5.92. The Balaban J connectivity index is 1.86. The Kier molecular flexibility index (Phi) is 3.55. The van der Waals surface area contributed by atoms with Crippen LogP contribution < -0.4 is 0 Å². The molecule has 0 radical (unpaired) electrons. The van der Waals surface area contributed by atoms with Gasteiger partial charge in [-0.3, -0.25) is 9.59 Å². The van der Waals surface area contributed by atoms with Crippen LogP contribution in [0.1, 0.15) is 32.2 Å². The first kappa shape index (κ1) is 14.9. The zero-order valence-corrected chi connectivity index (χ0v) is 13.5. The summed E-state index contributed by atoms with van der Waals surface area (Å²) in [5.74, 6) is -1.06. The van der Waals surface area contributed by atoms with E-state index in [0.29, 0.717) is 21.7 Å². The van der Waals surface area contributed by atoms with E-state index in [-0.39, 0.29) is 11.6 Å². The monoisotopic (exact) mass is 332 g/mol. The second-order valence-electron chi connectivity index (χ2n) is 5.81. The number of ketones is 2. The molecule has 116 valence electrons. The van der Waals surface area contributed by atoms with E-state index in [0.717, 1.165) is 11.1 Å². The molecule has 0 aromatic heterocycles. The summed E-state index contributed by atoms with van der Waals surface area (Å²) in [6, 6.07) is 22.0. The van der Waals surface area contributed by atoms with Crippen molar-refractivity contribution in [3.8, 4) is 11.1 Å². The summed E-state index contributed by atoms with van der Waals surface area (Å²) in [6.07, 6.45) is 0. The molecule has 0 N–H and O–H groups in total. The molecule has 1 aliphatic carbocycles. The molecule has 0 bridgehead atoms. The molecule has 0 heterocycles. The minimum absolute atomic E-state index is 0.142. The predicted octanol–water partition coefficient (Wildman–Crippen LogP) is 5.17. The van der Waals surface area contributed by atoms with Gasteiger partial charge in [-0.15, -0.1) is 0 Å². The minimum atomic E-state index is -0.776. The Bertz CT molecular complexity index is 943. The Morgan fingerprint density at radius 3 is 2.04 bits per heavy atom. The van der Waals surface area contributed by atoms with Crippen LogP contribution in [0.25, 0.3) is 11.1 Å². The molecule has 0 saturated carbocycles. The van der Waals surface area contributed by atoms with Crippen molar-refractivity contribution < 1.29 is 9.59 Å². The molecule has 4 rings (SSSR count). The van der Waals surface area contributed by atoms with Gasteiger partial charge in [-0.2, -0.15) is 0 Å². The van der Waals surface area contributed by atoms with Gasteiger partial charge in [0.25, 0.3) is 0 Å². The lowest BCUT2D eigenvalue weighted by Crippen LogP contribution is -2.12. The number of hydrogen-bond donors (Lipinski definition) is 0. The fraction of sp³-hybridized carbons (Fsp3) is 0.0476. The average molecular weight is 333 g/mol. The average Bonchev–Trinajstić information content (AvgIpc) is 2.88. The molecule has 0 amide bonds. The van der Waals surface area contributed by atoms with Gasteiger partial charge in [0, 0.05) is 16.1 Å². The number of rotatable bonds is 2. The van der Waals surface area contributed by atoms with Gasteiger partial charge >= 0.3 is 0 Å². The number of benzene rings is 3. The van der Waals surface area contributed by atoms with Crippen molar-refractivity contribution in [1.29, 1.82) is 0 Å². The standard InChI is InChI=1S/C21H13ClO2/c22-15-11-9-14(10-12-15)18-20(23)17-8-4-7-16(19(17)21(18)24)13-5-2-1-3-6-13/h1-12,18H. The lowest BCUT2D eigenvalue weighted by atomic mass is 9.93. The summed E-state index contributed by atoms with van der Waals surface area (Å²) in [5.41, 5.74) is 3.45. The van der Waals surface area contributed by atoms with Crippen molar-refractivity contribution in [2.24, 2.45) is 0 Å². The van der Waals surface area contributed by atoms with Crippen molar-refractivity contribution >= 4 is 23.2 Å². The smallest absolute Gasteiger partial charge is 0.179 e. The molecule has 24 heavy (non-hydrogen) atoms. The number of hydrogen-bond acceptors (Lipinski definition) is 2. The van der Waals surface area contributed by atoms with E-state index < -0.39 is 5.92 Å². The Labute approximate surface area is 144 Å². The van der Waals surface area contributed by atoms with Gasteiger partial charge in [0.2, 0.25) is 0 Å². The lowest BCUT2D eigenvalue weighted by molar-refractivity contribution is 0.0890. The summed E-state index contributed by atoms with van der Waals surface area (Å²) < 4.78 is 0. The number of carbonyl (C=O) groups is 2. The summed E-state index contributed by atoms with van der Waals surface area (Å²) in [4.78, 5) is 25.9. The Morgan fingerprint density at radius 2 is 1.33 bits per heavy atom. The van der Waals surface area contributed by atoms with E-state index in [4.69, 9.17) is 11.6 Å². The van der Waals surface area contributed by atoms with Crippen LogP contribution in [-0.2, 0) is 0 Å². The van der Waals surface area contributed by atoms with Crippen LogP contribution in [0.2, 0.25) is 5.02 Å². The minimum Gasteiger partial charge on any atom is -0.293 e. The molecule has 0 fully saturated rings. The number of Topliss-reactive ketones (excluding diaryl/α,β-unsaturated/α-hetero) is 2. The van der Waals surface area contributed by atoms with Crippen molar-refractivity contribution in [1.82, 2.24) is 0 Å². The van der Waals surface area contributed by atoms with E-state index >= 15 is 0 Å². The maximum Gasteiger partial charge on any atom is 0.179 e. The third-order valence-corrected chi connectivity index (χ3v) is 4.64. The summed E-state index contributed by atoms with van der Waals surface area (Å²) in [7, 11) is 0. The first-order valence-electron chi connectivity index (χ1n) is 7.69. The van der Waals surface area contributed by atoms with E-state index in [9.17, 15) is 9.59 Å². The molecule has 1 aliphatic rings. The van der Waals surface area contributed by atoms with Crippen LogP contribution in [-0.4, -0.2) is 11.6 Å². The Morgan fingerprint density at radius 1 is 0.667 bits per heavy atom. The number of halogens is 1. The number of carbonyl (C=O) groups excluding carboxylic acids is 2. The molecule has 3 aromatic carbocycles. The van der Waals surface area contributed by atoms with Gasteiger partial charge in [0.15, 0.2) is 11.6 Å². The van der Waals surface area contributed by atoms with E-state index in [1.807, 2.05) is 42.5 Å². The first-order chi connectivity index (χ1) is 11.7. The lowest BCUT2D eigenvalue weighted by Gasteiger charge is -2.08. The fourth-order valence-electron chi connectivity index (χ4n) is 3.26. The maximum atomic E-state index is 13.0. The fourth-order valence-corrected chi connectivity index (χ4v) is 3.38. The van der Waals surface area contributed by atoms with Gasteiger partial charge in [0.05, 0.1) is 0 Å². The zero-order chi connectivity index (χ0) is 16.7. The van der Waals surface area contributed by atoms with Crippen LogP contribution in [0, 0.1) is 0 Å². The van der Waals surface area contributed by atoms with Crippen molar-refractivity contribution in [3.63, 3.8) is 0 Å². The van der Waals surface area contributed by atoms with Gasteiger partial charge in [-0.1, -0.05) is 72.3 Å². The molecule has 2 nitrogen and oxygen atoms in total. The summed E-state index contributed by atoms with van der Waals surface area (Å²) in [5, 5.41) is 0.583. The highest BCUT2D eigenvalue weighted by atomic mass is 35.5.